The van der Waals surface area contributed by atoms with Crippen molar-refractivity contribution in [3.8, 4) is 0 Å². The average Bonchev–Trinajstić information content (AvgIpc) is 2.55. The lowest BCUT2D eigenvalue weighted by Crippen LogP contribution is -2.38. The quantitative estimate of drug-likeness (QED) is 0.257. The van der Waals surface area contributed by atoms with Gasteiger partial charge in [0, 0.05) is 26.7 Å². The second kappa shape index (κ2) is 14.7. The predicted octanol–water partition coefficient (Wildman–Crippen LogP) is 2.33. The summed E-state index contributed by atoms with van der Waals surface area (Å²) in [6.07, 6.45) is 1.08. The molecule has 0 radical (unpaired) electrons. The Morgan fingerprint density at radius 2 is 1.91 bits per heavy atom. The molecule has 0 heterocycles. The Balaban J connectivity index is 0.00000484. The molecule has 0 fully saturated rings. The number of aliphatic imine (C=N–C) groups is 1. The van der Waals surface area contributed by atoms with Gasteiger partial charge in [0.25, 0.3) is 0 Å². The smallest absolute Gasteiger partial charge is 0.191 e. The van der Waals surface area contributed by atoms with E-state index >= 15 is 0 Å². The largest absolute Gasteiger partial charge is 0.383 e. The van der Waals surface area contributed by atoms with Crippen LogP contribution < -0.4 is 10.6 Å². The molecule has 5 nitrogen and oxygen atoms in total. The predicted molar refractivity (Wildman–Crippen MR) is 109 cm³/mol. The van der Waals surface area contributed by atoms with Crippen molar-refractivity contribution in [2.75, 3.05) is 46.9 Å². The number of likely N-dealkylation sites (N-methyl/N-ethyl adjacent to an activating group) is 1. The second-order valence-corrected chi connectivity index (χ2v) is 5.26. The van der Waals surface area contributed by atoms with Crippen molar-refractivity contribution in [2.24, 2.45) is 4.99 Å². The SMILES string of the molecule is CCNC(=NCc1ccccc1)NCCCN(C)CCOC.I. The van der Waals surface area contributed by atoms with Crippen LogP contribution in [0.2, 0.25) is 0 Å². The highest BCUT2D eigenvalue weighted by Gasteiger charge is 2.00. The standard InChI is InChI=1S/C17H30N4O.HI/c1-4-18-17(20-15-16-9-6-5-7-10-16)19-11-8-12-21(2)13-14-22-3;/h5-7,9-10H,4,8,11-15H2,1-3H3,(H2,18,19,20);1H. The van der Waals surface area contributed by atoms with Crippen LogP contribution in [0.5, 0.6) is 0 Å². The van der Waals surface area contributed by atoms with Gasteiger partial charge in [0.2, 0.25) is 0 Å². The Labute approximate surface area is 157 Å². The summed E-state index contributed by atoms with van der Waals surface area (Å²) in [6, 6.07) is 10.3. The molecule has 0 aliphatic rings. The van der Waals surface area contributed by atoms with E-state index in [1.165, 1.54) is 5.56 Å². The fourth-order valence-electron chi connectivity index (χ4n) is 2.01. The lowest BCUT2D eigenvalue weighted by molar-refractivity contribution is 0.161. The van der Waals surface area contributed by atoms with Gasteiger partial charge in [0.15, 0.2) is 5.96 Å². The fourth-order valence-corrected chi connectivity index (χ4v) is 2.01. The molecule has 0 spiro atoms. The molecule has 23 heavy (non-hydrogen) atoms. The van der Waals surface area contributed by atoms with Crippen molar-refractivity contribution in [2.45, 2.75) is 19.9 Å². The summed E-state index contributed by atoms with van der Waals surface area (Å²) in [4.78, 5) is 6.89. The topological polar surface area (TPSA) is 48.9 Å². The molecule has 1 rings (SSSR count). The first-order valence-corrected chi connectivity index (χ1v) is 7.99. The maximum absolute atomic E-state index is 5.08. The molecule has 0 unspecified atom stereocenters. The number of ether oxygens (including phenoxy) is 1. The summed E-state index contributed by atoms with van der Waals surface area (Å²) < 4.78 is 5.08. The van der Waals surface area contributed by atoms with Gasteiger partial charge in [0.1, 0.15) is 0 Å². The summed E-state index contributed by atoms with van der Waals surface area (Å²) in [6.45, 7) is 7.37. The van der Waals surface area contributed by atoms with Crippen LogP contribution in [0.3, 0.4) is 0 Å². The number of halogens is 1. The lowest BCUT2D eigenvalue weighted by Gasteiger charge is -2.17. The summed E-state index contributed by atoms with van der Waals surface area (Å²) in [5.41, 5.74) is 1.22. The van der Waals surface area contributed by atoms with Crippen LogP contribution in [0, 0.1) is 0 Å². The Bertz CT molecular complexity index is 414. The van der Waals surface area contributed by atoms with Crippen LogP contribution in [0.15, 0.2) is 35.3 Å². The first-order valence-electron chi connectivity index (χ1n) is 7.99. The number of nitrogens with one attached hydrogen (secondary N) is 2. The number of benzene rings is 1. The zero-order chi connectivity index (χ0) is 16.0. The Morgan fingerprint density at radius 1 is 1.17 bits per heavy atom. The fraction of sp³-hybridized carbons (Fsp3) is 0.588. The van der Waals surface area contributed by atoms with E-state index in [0.29, 0.717) is 6.54 Å². The van der Waals surface area contributed by atoms with Crippen LogP contribution in [0.25, 0.3) is 0 Å². The molecule has 6 heteroatoms. The van der Waals surface area contributed by atoms with Crippen LogP contribution in [0.1, 0.15) is 18.9 Å². The van der Waals surface area contributed by atoms with Crippen LogP contribution in [-0.2, 0) is 11.3 Å². The molecule has 0 saturated carbocycles. The van der Waals surface area contributed by atoms with E-state index in [2.05, 4.69) is 46.6 Å². The molecule has 0 bridgehead atoms. The highest BCUT2D eigenvalue weighted by atomic mass is 127. The Kier molecular flexibility index (Phi) is 14.2. The van der Waals surface area contributed by atoms with Gasteiger partial charge in [-0.25, -0.2) is 4.99 Å². The third kappa shape index (κ3) is 11.3. The Morgan fingerprint density at radius 3 is 2.57 bits per heavy atom. The van der Waals surface area contributed by atoms with E-state index in [1.807, 2.05) is 18.2 Å². The maximum atomic E-state index is 5.08. The van der Waals surface area contributed by atoms with Gasteiger partial charge < -0.3 is 20.3 Å². The molecule has 1 aromatic carbocycles. The van der Waals surface area contributed by atoms with Gasteiger partial charge in [-0.1, -0.05) is 30.3 Å². The first-order chi connectivity index (χ1) is 10.8. The summed E-state index contributed by atoms with van der Waals surface area (Å²) in [5.74, 6) is 0.880. The molecule has 0 amide bonds. The van der Waals surface area contributed by atoms with Crippen molar-refractivity contribution in [1.82, 2.24) is 15.5 Å². The highest BCUT2D eigenvalue weighted by Crippen LogP contribution is 1.99. The van der Waals surface area contributed by atoms with Crippen LogP contribution in [-0.4, -0.2) is 57.8 Å². The van der Waals surface area contributed by atoms with Crippen LogP contribution >= 0.6 is 24.0 Å². The van der Waals surface area contributed by atoms with E-state index in [1.54, 1.807) is 7.11 Å². The molecule has 0 atom stereocenters. The minimum Gasteiger partial charge on any atom is -0.383 e. The molecule has 132 valence electrons. The minimum absolute atomic E-state index is 0. The van der Waals surface area contributed by atoms with E-state index in [9.17, 15) is 0 Å². The van der Waals surface area contributed by atoms with E-state index in [4.69, 9.17) is 4.74 Å². The molecule has 1 aromatic rings. The van der Waals surface area contributed by atoms with E-state index in [0.717, 1.165) is 45.2 Å². The van der Waals surface area contributed by atoms with Crippen molar-refractivity contribution >= 4 is 29.9 Å². The Hall–Kier alpha value is -0.860. The summed E-state index contributed by atoms with van der Waals surface area (Å²) in [5, 5.41) is 6.66. The zero-order valence-corrected chi connectivity index (χ0v) is 16.9. The molecule has 0 aromatic heterocycles. The van der Waals surface area contributed by atoms with Gasteiger partial charge in [-0.15, -0.1) is 24.0 Å². The maximum Gasteiger partial charge on any atom is 0.191 e. The molecule has 0 aliphatic heterocycles. The van der Waals surface area contributed by atoms with Gasteiger partial charge in [-0.3, -0.25) is 0 Å². The zero-order valence-electron chi connectivity index (χ0n) is 14.5. The second-order valence-electron chi connectivity index (χ2n) is 5.26. The molecule has 0 saturated heterocycles. The van der Waals surface area contributed by atoms with Gasteiger partial charge in [0.05, 0.1) is 13.2 Å². The van der Waals surface area contributed by atoms with E-state index in [-0.39, 0.29) is 24.0 Å². The summed E-state index contributed by atoms with van der Waals surface area (Å²) in [7, 11) is 3.86. The molecule has 0 aliphatic carbocycles. The minimum atomic E-state index is 0. The number of hydrogen-bond donors (Lipinski definition) is 2. The van der Waals surface area contributed by atoms with Gasteiger partial charge in [-0.05, 0) is 32.5 Å². The first kappa shape index (κ1) is 22.1. The van der Waals surface area contributed by atoms with E-state index < -0.39 is 0 Å². The van der Waals surface area contributed by atoms with Crippen molar-refractivity contribution < 1.29 is 4.74 Å². The monoisotopic (exact) mass is 434 g/mol. The summed E-state index contributed by atoms with van der Waals surface area (Å²) >= 11 is 0. The van der Waals surface area contributed by atoms with Crippen molar-refractivity contribution in [1.29, 1.82) is 0 Å². The number of guanidine groups is 1. The number of hydrogen-bond acceptors (Lipinski definition) is 3. The normalized spacial score (nSPS) is 11.2. The van der Waals surface area contributed by atoms with Crippen molar-refractivity contribution in [3.05, 3.63) is 35.9 Å². The molecule has 2 N–H and O–H groups in total. The van der Waals surface area contributed by atoms with Gasteiger partial charge in [-0.2, -0.15) is 0 Å². The van der Waals surface area contributed by atoms with Crippen LogP contribution in [0.4, 0.5) is 0 Å². The molecular formula is C17H31IN4O. The third-order valence-electron chi connectivity index (χ3n) is 3.29. The van der Waals surface area contributed by atoms with Gasteiger partial charge >= 0.3 is 0 Å². The third-order valence-corrected chi connectivity index (χ3v) is 3.29. The van der Waals surface area contributed by atoms with Crippen molar-refractivity contribution in [3.63, 3.8) is 0 Å². The number of nitrogens with zero attached hydrogens (tertiary/aromatic N) is 2. The molecular weight excluding hydrogens is 403 g/mol. The average molecular weight is 434 g/mol. The number of rotatable bonds is 10. The highest BCUT2D eigenvalue weighted by molar-refractivity contribution is 14.0. The lowest BCUT2D eigenvalue weighted by atomic mass is 10.2. The number of methoxy groups -OCH3 is 1.